The highest BCUT2D eigenvalue weighted by atomic mass is 32.2. The first-order valence-corrected chi connectivity index (χ1v) is 8.60. The average Bonchev–Trinajstić information content (AvgIpc) is 2.58. The number of nitrogens with one attached hydrogen (secondary N) is 1. The first kappa shape index (κ1) is 17.2. The summed E-state index contributed by atoms with van der Waals surface area (Å²) in [7, 11) is 0. The third-order valence-corrected chi connectivity index (χ3v) is 3.96. The van der Waals surface area contributed by atoms with E-state index >= 15 is 0 Å². The first-order valence-electron chi connectivity index (χ1n) is 7.37. The molecule has 0 fully saturated rings. The molecule has 2 aromatic rings. The number of hydrogen-bond donors (Lipinski definition) is 1. The summed E-state index contributed by atoms with van der Waals surface area (Å²) >= 11 is 1.70. The molecule has 0 atom stereocenters. The third-order valence-electron chi connectivity index (χ3n) is 3.22. The molecule has 0 aromatic heterocycles. The Morgan fingerprint density at radius 3 is 2.52 bits per heavy atom. The van der Waals surface area contributed by atoms with Crippen LogP contribution in [0.15, 0.2) is 65.6 Å². The van der Waals surface area contributed by atoms with Crippen molar-refractivity contribution in [2.75, 3.05) is 12.9 Å². The maximum atomic E-state index is 12.4. The Morgan fingerprint density at radius 2 is 1.87 bits per heavy atom. The van der Waals surface area contributed by atoms with Crippen molar-refractivity contribution in [3.05, 3.63) is 71.8 Å². The highest BCUT2D eigenvalue weighted by Crippen LogP contribution is 2.19. The largest absolute Gasteiger partial charge is 0.488 e. The topological polar surface area (TPSA) is 38.3 Å². The van der Waals surface area contributed by atoms with Gasteiger partial charge in [0.15, 0.2) is 0 Å². The van der Waals surface area contributed by atoms with E-state index in [9.17, 15) is 4.79 Å². The van der Waals surface area contributed by atoms with Crippen LogP contribution in [-0.4, -0.2) is 18.8 Å². The van der Waals surface area contributed by atoms with Gasteiger partial charge in [0, 0.05) is 11.4 Å². The Morgan fingerprint density at radius 1 is 1.17 bits per heavy atom. The van der Waals surface area contributed by atoms with Gasteiger partial charge in [0.2, 0.25) is 0 Å². The summed E-state index contributed by atoms with van der Waals surface area (Å²) in [5, 5.41) is 2.93. The molecule has 2 aromatic carbocycles. The molecule has 1 N–H and O–H groups in total. The van der Waals surface area contributed by atoms with E-state index in [-0.39, 0.29) is 5.91 Å². The third kappa shape index (κ3) is 5.18. The van der Waals surface area contributed by atoms with E-state index in [4.69, 9.17) is 4.74 Å². The molecule has 0 radical (unpaired) electrons. The van der Waals surface area contributed by atoms with Gasteiger partial charge in [-0.2, -0.15) is 0 Å². The summed E-state index contributed by atoms with van der Waals surface area (Å²) in [5.74, 6) is 0.432. The van der Waals surface area contributed by atoms with Crippen LogP contribution < -0.4 is 10.1 Å². The molecule has 0 bridgehead atoms. The second kappa shape index (κ2) is 8.44. The fourth-order valence-corrected chi connectivity index (χ4v) is 2.41. The van der Waals surface area contributed by atoms with Crippen LogP contribution in [0.2, 0.25) is 0 Å². The Hall–Kier alpha value is -2.20. The predicted molar refractivity (Wildman–Crippen MR) is 96.1 cm³/mol. The number of para-hydroxylation sites is 1. The number of hydrogen-bond acceptors (Lipinski definition) is 3. The van der Waals surface area contributed by atoms with Gasteiger partial charge in [-0.15, -0.1) is 11.8 Å². The summed E-state index contributed by atoms with van der Waals surface area (Å²) in [5.41, 5.74) is 2.51. The van der Waals surface area contributed by atoms with Crippen LogP contribution in [0, 0.1) is 0 Å². The second-order valence-corrected chi connectivity index (χ2v) is 6.15. The molecule has 0 aliphatic carbocycles. The van der Waals surface area contributed by atoms with E-state index in [2.05, 4.69) is 24.0 Å². The van der Waals surface area contributed by atoms with Crippen molar-refractivity contribution in [1.82, 2.24) is 5.32 Å². The summed E-state index contributed by atoms with van der Waals surface area (Å²) in [6.07, 6.45) is 2.04. The van der Waals surface area contributed by atoms with Gasteiger partial charge in [-0.25, -0.2) is 0 Å². The van der Waals surface area contributed by atoms with Crippen molar-refractivity contribution in [1.29, 1.82) is 0 Å². The van der Waals surface area contributed by atoms with Crippen molar-refractivity contribution in [2.24, 2.45) is 0 Å². The van der Waals surface area contributed by atoms with Crippen LogP contribution in [0.5, 0.6) is 5.75 Å². The molecule has 23 heavy (non-hydrogen) atoms. The van der Waals surface area contributed by atoms with Crippen molar-refractivity contribution in [3.8, 4) is 5.75 Å². The molecule has 0 aliphatic heterocycles. The maximum absolute atomic E-state index is 12.4. The van der Waals surface area contributed by atoms with Crippen LogP contribution in [0.1, 0.15) is 22.8 Å². The molecule has 2 rings (SSSR count). The zero-order valence-electron chi connectivity index (χ0n) is 13.5. The van der Waals surface area contributed by atoms with E-state index in [1.807, 2.05) is 37.4 Å². The molecule has 0 spiro atoms. The van der Waals surface area contributed by atoms with Crippen LogP contribution in [0.3, 0.4) is 0 Å². The molecular formula is C19H21NO2S. The van der Waals surface area contributed by atoms with E-state index in [1.165, 1.54) is 4.90 Å². The highest BCUT2D eigenvalue weighted by Gasteiger charge is 2.11. The van der Waals surface area contributed by atoms with Crippen molar-refractivity contribution in [2.45, 2.75) is 18.4 Å². The van der Waals surface area contributed by atoms with Crippen LogP contribution >= 0.6 is 11.8 Å². The standard InChI is InChI=1S/C19H21NO2S/c1-14(2)13-22-18-7-5-4-6-17(18)19(21)20-12-15-8-10-16(23-3)11-9-15/h4-11H,1,12-13H2,2-3H3,(H,20,21). The normalized spacial score (nSPS) is 10.2. The lowest BCUT2D eigenvalue weighted by Gasteiger charge is -2.12. The number of benzene rings is 2. The molecule has 3 nitrogen and oxygen atoms in total. The molecular weight excluding hydrogens is 306 g/mol. The minimum atomic E-state index is -0.142. The van der Waals surface area contributed by atoms with Crippen molar-refractivity contribution in [3.63, 3.8) is 0 Å². The van der Waals surface area contributed by atoms with Crippen LogP contribution in [0.4, 0.5) is 0 Å². The molecule has 4 heteroatoms. The molecule has 0 unspecified atom stereocenters. The lowest BCUT2D eigenvalue weighted by Crippen LogP contribution is -2.23. The van der Waals surface area contributed by atoms with E-state index < -0.39 is 0 Å². The van der Waals surface area contributed by atoms with E-state index in [1.54, 1.807) is 23.9 Å². The number of carbonyl (C=O) groups is 1. The summed E-state index contributed by atoms with van der Waals surface area (Å²) in [4.78, 5) is 13.6. The number of carbonyl (C=O) groups excluding carboxylic acids is 1. The Balaban J connectivity index is 2.01. The monoisotopic (exact) mass is 327 g/mol. The van der Waals surface area contributed by atoms with Gasteiger partial charge in [0.25, 0.3) is 5.91 Å². The first-order chi connectivity index (χ1) is 11.1. The van der Waals surface area contributed by atoms with E-state index in [0.29, 0.717) is 24.5 Å². The molecule has 1 amide bonds. The zero-order valence-corrected chi connectivity index (χ0v) is 14.3. The fraction of sp³-hybridized carbons (Fsp3) is 0.211. The minimum Gasteiger partial charge on any atom is -0.488 e. The molecule has 0 aliphatic rings. The second-order valence-electron chi connectivity index (χ2n) is 5.27. The smallest absolute Gasteiger partial charge is 0.255 e. The minimum absolute atomic E-state index is 0.142. The molecule has 0 saturated carbocycles. The fourth-order valence-electron chi connectivity index (χ4n) is 2.00. The average molecular weight is 327 g/mol. The maximum Gasteiger partial charge on any atom is 0.255 e. The number of ether oxygens (including phenoxy) is 1. The zero-order chi connectivity index (χ0) is 16.7. The van der Waals surface area contributed by atoms with Gasteiger partial charge in [0.1, 0.15) is 12.4 Å². The van der Waals surface area contributed by atoms with E-state index in [0.717, 1.165) is 11.1 Å². The van der Waals surface area contributed by atoms with Gasteiger partial charge in [-0.3, -0.25) is 4.79 Å². The van der Waals surface area contributed by atoms with Crippen LogP contribution in [0.25, 0.3) is 0 Å². The molecule has 0 heterocycles. The van der Waals surface area contributed by atoms with Crippen molar-refractivity contribution < 1.29 is 9.53 Å². The number of amides is 1. The van der Waals surface area contributed by atoms with Crippen molar-refractivity contribution >= 4 is 17.7 Å². The predicted octanol–water partition coefficient (Wildman–Crippen LogP) is 4.29. The number of thioether (sulfide) groups is 1. The Labute approximate surface area is 141 Å². The van der Waals surface area contributed by atoms with Crippen LogP contribution in [-0.2, 0) is 6.54 Å². The lowest BCUT2D eigenvalue weighted by molar-refractivity contribution is 0.0947. The Bertz CT molecular complexity index is 680. The Kier molecular flexibility index (Phi) is 6.29. The van der Waals surface area contributed by atoms with Gasteiger partial charge in [0.05, 0.1) is 5.56 Å². The summed E-state index contributed by atoms with van der Waals surface area (Å²) in [6.45, 7) is 6.59. The molecule has 120 valence electrons. The van der Waals surface area contributed by atoms with Gasteiger partial charge < -0.3 is 10.1 Å². The summed E-state index contributed by atoms with van der Waals surface area (Å²) in [6, 6.07) is 15.4. The number of rotatable bonds is 7. The van der Waals surface area contributed by atoms with Gasteiger partial charge >= 0.3 is 0 Å². The SMILES string of the molecule is C=C(C)COc1ccccc1C(=O)NCc1ccc(SC)cc1. The summed E-state index contributed by atoms with van der Waals surface area (Å²) < 4.78 is 5.64. The van der Waals surface area contributed by atoms with Gasteiger partial charge in [-0.05, 0) is 48.6 Å². The lowest BCUT2D eigenvalue weighted by atomic mass is 10.1. The molecule has 0 saturated heterocycles. The van der Waals surface area contributed by atoms with Gasteiger partial charge in [-0.1, -0.05) is 30.8 Å². The quantitative estimate of drug-likeness (QED) is 0.609. The highest BCUT2D eigenvalue weighted by molar-refractivity contribution is 7.98.